The summed E-state index contributed by atoms with van der Waals surface area (Å²) in [7, 11) is 0. The normalized spacial score (nSPS) is 50.5. The molecule has 2 saturated heterocycles. The van der Waals surface area contributed by atoms with Crippen LogP contribution in [0.2, 0.25) is 0 Å². The standard InChI is InChI=1S/C20H30O7/c1-10(2)5-14(22)26-12-7-19(8-21)13(6-11(12)3)27-17-15(23)16(24)18(19,4)20(17)9-25-20/h6,10,12-13,15-17,21,23-24H,5,7-9H2,1-4H3/t12-,13+,15+,16+,17+,18+,19+,20-/m0/s1. The minimum absolute atomic E-state index is 0.191. The smallest absolute Gasteiger partial charge is 0.306 e. The number of hydrogen-bond donors (Lipinski definition) is 3. The number of carbonyl (C=O) groups is 1. The number of ether oxygens (including phenoxy) is 3. The Balaban J connectivity index is 1.71. The minimum atomic E-state index is -1.10. The van der Waals surface area contributed by atoms with E-state index in [2.05, 4.69) is 0 Å². The van der Waals surface area contributed by atoms with Crippen molar-refractivity contribution in [3.05, 3.63) is 11.6 Å². The molecule has 1 spiro atoms. The molecule has 3 N–H and O–H groups in total. The maximum absolute atomic E-state index is 12.3. The fourth-order valence-corrected chi connectivity index (χ4v) is 5.72. The van der Waals surface area contributed by atoms with Gasteiger partial charge in [-0.2, -0.15) is 0 Å². The molecule has 4 aliphatic rings. The minimum Gasteiger partial charge on any atom is -0.458 e. The van der Waals surface area contributed by atoms with Crippen LogP contribution in [-0.2, 0) is 19.0 Å². The van der Waals surface area contributed by atoms with Gasteiger partial charge >= 0.3 is 5.97 Å². The molecule has 7 heteroatoms. The lowest BCUT2D eigenvalue weighted by atomic mass is 9.51. The van der Waals surface area contributed by atoms with Crippen LogP contribution in [0.5, 0.6) is 0 Å². The SMILES string of the molecule is CC1=C[C@H]2O[C@@H]3[C@H](O)[C@@H](O)[C@](C)([C@@]2(CO)C[C@@H]1OC(=O)CC(C)C)[C@]31CO1. The molecule has 1 saturated carbocycles. The molecule has 0 aromatic carbocycles. The van der Waals surface area contributed by atoms with Crippen molar-refractivity contribution in [2.75, 3.05) is 13.2 Å². The molecular weight excluding hydrogens is 352 g/mol. The van der Waals surface area contributed by atoms with E-state index in [-0.39, 0.29) is 18.5 Å². The van der Waals surface area contributed by atoms with E-state index in [9.17, 15) is 20.1 Å². The summed E-state index contributed by atoms with van der Waals surface area (Å²) in [5.41, 5.74) is -1.78. The van der Waals surface area contributed by atoms with Crippen LogP contribution in [0.3, 0.4) is 0 Å². The largest absolute Gasteiger partial charge is 0.458 e. The summed E-state index contributed by atoms with van der Waals surface area (Å²) in [6.07, 6.45) is -1.29. The van der Waals surface area contributed by atoms with E-state index in [0.717, 1.165) is 5.57 Å². The molecule has 0 radical (unpaired) electrons. The van der Waals surface area contributed by atoms with E-state index in [1.54, 1.807) is 0 Å². The van der Waals surface area contributed by atoms with Gasteiger partial charge < -0.3 is 29.5 Å². The van der Waals surface area contributed by atoms with Gasteiger partial charge in [-0.3, -0.25) is 4.79 Å². The van der Waals surface area contributed by atoms with Crippen LogP contribution in [0.4, 0.5) is 0 Å². The molecule has 152 valence electrons. The number of hydrogen-bond acceptors (Lipinski definition) is 7. The Morgan fingerprint density at radius 1 is 1.41 bits per heavy atom. The second-order valence-corrected chi connectivity index (χ2v) is 9.30. The van der Waals surface area contributed by atoms with Gasteiger partial charge in [-0.1, -0.05) is 26.8 Å². The molecule has 0 aromatic rings. The van der Waals surface area contributed by atoms with Gasteiger partial charge in [-0.05, 0) is 24.8 Å². The lowest BCUT2D eigenvalue weighted by Crippen LogP contribution is -2.67. The number of epoxide rings is 1. The first-order valence-electron chi connectivity index (χ1n) is 9.77. The van der Waals surface area contributed by atoms with Gasteiger partial charge in [-0.15, -0.1) is 0 Å². The molecule has 2 aliphatic heterocycles. The van der Waals surface area contributed by atoms with Crippen molar-refractivity contribution in [3.8, 4) is 0 Å². The molecule has 0 unspecified atom stereocenters. The average molecular weight is 382 g/mol. The summed E-state index contributed by atoms with van der Waals surface area (Å²) in [5.74, 6) is -0.0883. The molecular formula is C20H30O7. The third-order valence-electron chi connectivity index (χ3n) is 7.49. The van der Waals surface area contributed by atoms with Crippen molar-refractivity contribution < 1.29 is 34.3 Å². The van der Waals surface area contributed by atoms with Crippen molar-refractivity contribution in [3.63, 3.8) is 0 Å². The highest BCUT2D eigenvalue weighted by Crippen LogP contribution is 2.71. The Morgan fingerprint density at radius 3 is 2.63 bits per heavy atom. The summed E-state index contributed by atoms with van der Waals surface area (Å²) >= 11 is 0. The topological polar surface area (TPSA) is 109 Å². The molecule has 0 aromatic heterocycles. The Bertz CT molecular complexity index is 669. The lowest BCUT2D eigenvalue weighted by Gasteiger charge is -2.58. The van der Waals surface area contributed by atoms with Crippen molar-refractivity contribution in [2.45, 2.75) is 76.7 Å². The first kappa shape index (κ1) is 19.3. The lowest BCUT2D eigenvalue weighted by molar-refractivity contribution is -0.235. The Hall–Kier alpha value is -0.990. The summed E-state index contributed by atoms with van der Waals surface area (Å²) in [6.45, 7) is 7.76. The predicted octanol–water partition coefficient (Wildman–Crippen LogP) is 0.551. The highest BCUT2D eigenvalue weighted by atomic mass is 16.6. The number of fused-ring (bicyclic) bond motifs is 2. The summed E-state index contributed by atoms with van der Waals surface area (Å²) < 4.78 is 17.7. The van der Waals surface area contributed by atoms with Crippen LogP contribution in [0, 0.1) is 16.7 Å². The third-order valence-corrected chi connectivity index (χ3v) is 7.49. The predicted molar refractivity (Wildman–Crippen MR) is 94.7 cm³/mol. The Labute approximate surface area is 159 Å². The molecule has 2 heterocycles. The van der Waals surface area contributed by atoms with Gasteiger partial charge in [0.15, 0.2) is 0 Å². The van der Waals surface area contributed by atoms with E-state index in [4.69, 9.17) is 14.2 Å². The molecule has 2 aliphatic carbocycles. The summed E-state index contributed by atoms with van der Waals surface area (Å²) in [6, 6.07) is 0. The maximum atomic E-state index is 12.3. The average Bonchev–Trinajstić information content (AvgIpc) is 3.38. The van der Waals surface area contributed by atoms with Gasteiger partial charge in [0.2, 0.25) is 0 Å². The van der Waals surface area contributed by atoms with Gasteiger partial charge in [0, 0.05) is 17.3 Å². The molecule has 3 fully saturated rings. The van der Waals surface area contributed by atoms with E-state index in [1.165, 1.54) is 0 Å². The van der Waals surface area contributed by atoms with E-state index in [0.29, 0.717) is 19.4 Å². The second-order valence-electron chi connectivity index (χ2n) is 9.30. The van der Waals surface area contributed by atoms with Crippen LogP contribution in [0.15, 0.2) is 11.6 Å². The van der Waals surface area contributed by atoms with Crippen molar-refractivity contribution >= 4 is 5.97 Å². The van der Waals surface area contributed by atoms with E-state index < -0.39 is 47.0 Å². The molecule has 2 bridgehead atoms. The quantitative estimate of drug-likeness (QED) is 0.370. The van der Waals surface area contributed by atoms with Crippen LogP contribution in [0.1, 0.15) is 40.5 Å². The molecule has 8 atom stereocenters. The zero-order chi connectivity index (χ0) is 19.8. The fraction of sp³-hybridized carbons (Fsp3) is 0.850. The van der Waals surface area contributed by atoms with Crippen molar-refractivity contribution in [1.82, 2.24) is 0 Å². The van der Waals surface area contributed by atoms with Gasteiger partial charge in [0.1, 0.15) is 23.9 Å². The highest BCUT2D eigenvalue weighted by Gasteiger charge is 2.84. The first-order chi connectivity index (χ1) is 12.6. The van der Waals surface area contributed by atoms with Crippen LogP contribution in [0.25, 0.3) is 0 Å². The zero-order valence-electron chi connectivity index (χ0n) is 16.3. The van der Waals surface area contributed by atoms with Crippen LogP contribution < -0.4 is 0 Å². The summed E-state index contributed by atoms with van der Waals surface area (Å²) in [5, 5.41) is 32.1. The zero-order valence-corrected chi connectivity index (χ0v) is 16.3. The number of esters is 1. The summed E-state index contributed by atoms with van der Waals surface area (Å²) in [4.78, 5) is 12.3. The number of aliphatic hydroxyl groups is 3. The van der Waals surface area contributed by atoms with Crippen molar-refractivity contribution in [2.24, 2.45) is 16.7 Å². The van der Waals surface area contributed by atoms with Crippen LogP contribution >= 0.6 is 0 Å². The third kappa shape index (κ3) is 2.29. The van der Waals surface area contributed by atoms with Gasteiger partial charge in [-0.25, -0.2) is 0 Å². The molecule has 4 rings (SSSR count). The number of rotatable bonds is 4. The van der Waals surface area contributed by atoms with Gasteiger partial charge in [0.05, 0.1) is 25.4 Å². The Morgan fingerprint density at radius 2 is 2.07 bits per heavy atom. The van der Waals surface area contributed by atoms with E-state index in [1.807, 2.05) is 33.8 Å². The fourth-order valence-electron chi connectivity index (χ4n) is 5.72. The second kappa shape index (κ2) is 6.00. The monoisotopic (exact) mass is 382 g/mol. The van der Waals surface area contributed by atoms with Gasteiger partial charge in [0.25, 0.3) is 0 Å². The first-order valence-corrected chi connectivity index (χ1v) is 9.77. The molecule has 0 amide bonds. The molecule has 7 nitrogen and oxygen atoms in total. The molecule has 27 heavy (non-hydrogen) atoms. The number of aliphatic hydroxyl groups excluding tert-OH is 3. The maximum Gasteiger partial charge on any atom is 0.306 e. The Kier molecular flexibility index (Phi) is 4.30. The highest BCUT2D eigenvalue weighted by molar-refractivity contribution is 5.70. The van der Waals surface area contributed by atoms with Crippen LogP contribution in [-0.4, -0.2) is 70.6 Å². The number of carbonyl (C=O) groups excluding carboxylic acids is 1. The van der Waals surface area contributed by atoms with E-state index >= 15 is 0 Å². The van der Waals surface area contributed by atoms with Crippen molar-refractivity contribution in [1.29, 1.82) is 0 Å².